The number of hydrogen-bond acceptors (Lipinski definition) is 4. The molecule has 1 aliphatic heterocycles. The lowest BCUT2D eigenvalue weighted by Crippen LogP contribution is -2.55. The molecule has 23 heavy (non-hydrogen) atoms. The SMILES string of the molecule is N#CCNC(=O)[C@H](CC1CCCCC1)NC(=O)N1CCNCC1. The summed E-state index contributed by atoms with van der Waals surface area (Å²) in [6.45, 7) is 2.84. The van der Waals surface area contributed by atoms with E-state index in [1.54, 1.807) is 4.90 Å². The van der Waals surface area contributed by atoms with Crippen molar-refractivity contribution in [2.75, 3.05) is 32.7 Å². The van der Waals surface area contributed by atoms with E-state index in [0.29, 0.717) is 25.4 Å². The lowest BCUT2D eigenvalue weighted by atomic mass is 9.84. The number of carbonyl (C=O) groups is 2. The molecule has 3 amide bonds. The fourth-order valence-electron chi connectivity index (χ4n) is 3.35. The van der Waals surface area contributed by atoms with E-state index in [1.807, 2.05) is 6.07 Å². The number of hydrogen-bond donors (Lipinski definition) is 3. The highest BCUT2D eigenvalue weighted by atomic mass is 16.2. The van der Waals surface area contributed by atoms with Crippen LogP contribution in [-0.4, -0.2) is 55.6 Å². The monoisotopic (exact) mass is 321 g/mol. The van der Waals surface area contributed by atoms with Gasteiger partial charge in [0.15, 0.2) is 0 Å². The molecule has 128 valence electrons. The van der Waals surface area contributed by atoms with Crippen LogP contribution >= 0.6 is 0 Å². The maximum Gasteiger partial charge on any atom is 0.318 e. The van der Waals surface area contributed by atoms with Gasteiger partial charge in [0.05, 0.1) is 6.07 Å². The average molecular weight is 321 g/mol. The zero-order valence-corrected chi connectivity index (χ0v) is 13.6. The van der Waals surface area contributed by atoms with Crippen LogP contribution in [0.25, 0.3) is 0 Å². The smallest absolute Gasteiger partial charge is 0.318 e. The van der Waals surface area contributed by atoms with E-state index in [0.717, 1.165) is 25.9 Å². The molecule has 7 nitrogen and oxygen atoms in total. The molecule has 0 radical (unpaired) electrons. The van der Waals surface area contributed by atoms with Crippen LogP contribution in [-0.2, 0) is 4.79 Å². The first kappa shape index (κ1) is 17.5. The Labute approximate surface area is 137 Å². The molecule has 3 N–H and O–H groups in total. The average Bonchev–Trinajstić information content (AvgIpc) is 2.60. The zero-order chi connectivity index (χ0) is 16.5. The Bertz CT molecular complexity index is 436. The molecule has 1 heterocycles. The number of amides is 3. The maximum atomic E-state index is 12.4. The van der Waals surface area contributed by atoms with Gasteiger partial charge >= 0.3 is 6.03 Å². The number of urea groups is 1. The second kappa shape index (κ2) is 9.36. The summed E-state index contributed by atoms with van der Waals surface area (Å²) >= 11 is 0. The molecule has 0 unspecified atom stereocenters. The van der Waals surface area contributed by atoms with Gasteiger partial charge in [-0.1, -0.05) is 32.1 Å². The molecule has 2 fully saturated rings. The number of carbonyl (C=O) groups excluding carboxylic acids is 2. The summed E-state index contributed by atoms with van der Waals surface area (Å²) in [4.78, 5) is 26.4. The minimum atomic E-state index is -0.547. The zero-order valence-electron chi connectivity index (χ0n) is 13.6. The Morgan fingerprint density at radius 1 is 1.22 bits per heavy atom. The summed E-state index contributed by atoms with van der Waals surface area (Å²) in [5.41, 5.74) is 0. The van der Waals surface area contributed by atoms with Crippen LogP contribution in [0.4, 0.5) is 4.79 Å². The van der Waals surface area contributed by atoms with Gasteiger partial charge in [0.25, 0.3) is 0 Å². The van der Waals surface area contributed by atoms with Gasteiger partial charge in [0.2, 0.25) is 5.91 Å². The van der Waals surface area contributed by atoms with Crippen molar-refractivity contribution in [3.8, 4) is 6.07 Å². The topological polar surface area (TPSA) is 97.3 Å². The first-order valence-corrected chi connectivity index (χ1v) is 8.61. The van der Waals surface area contributed by atoms with Crippen molar-refractivity contribution in [1.82, 2.24) is 20.9 Å². The van der Waals surface area contributed by atoms with Crippen LogP contribution in [0, 0.1) is 17.2 Å². The molecule has 2 aliphatic rings. The van der Waals surface area contributed by atoms with E-state index in [9.17, 15) is 9.59 Å². The molecular weight excluding hydrogens is 294 g/mol. The van der Waals surface area contributed by atoms with Crippen molar-refractivity contribution < 1.29 is 9.59 Å². The molecule has 0 spiro atoms. The Hall–Kier alpha value is -1.81. The number of nitrogens with one attached hydrogen (secondary N) is 3. The highest BCUT2D eigenvalue weighted by Gasteiger charge is 2.27. The first-order valence-electron chi connectivity index (χ1n) is 8.61. The van der Waals surface area contributed by atoms with Crippen LogP contribution in [0.15, 0.2) is 0 Å². The van der Waals surface area contributed by atoms with Gasteiger partial charge in [-0.3, -0.25) is 4.79 Å². The van der Waals surface area contributed by atoms with Gasteiger partial charge in [0.1, 0.15) is 12.6 Å². The largest absolute Gasteiger partial charge is 0.341 e. The molecule has 1 atom stereocenters. The van der Waals surface area contributed by atoms with Crippen LogP contribution in [0.2, 0.25) is 0 Å². The Morgan fingerprint density at radius 3 is 2.57 bits per heavy atom. The molecule has 1 saturated heterocycles. The third-order valence-corrected chi connectivity index (χ3v) is 4.65. The van der Waals surface area contributed by atoms with E-state index in [2.05, 4.69) is 16.0 Å². The van der Waals surface area contributed by atoms with Gasteiger partial charge in [-0.25, -0.2) is 4.79 Å². The summed E-state index contributed by atoms with van der Waals surface area (Å²) in [7, 11) is 0. The Morgan fingerprint density at radius 2 is 1.91 bits per heavy atom. The van der Waals surface area contributed by atoms with Crippen LogP contribution < -0.4 is 16.0 Å². The molecule has 2 rings (SSSR count). The fourth-order valence-corrected chi connectivity index (χ4v) is 3.35. The predicted molar refractivity (Wildman–Crippen MR) is 86.6 cm³/mol. The Kier molecular flexibility index (Phi) is 7.14. The van der Waals surface area contributed by atoms with Gasteiger partial charge in [-0.2, -0.15) is 5.26 Å². The summed E-state index contributed by atoms with van der Waals surface area (Å²) in [6, 6.07) is 1.18. The number of nitriles is 1. The standard InChI is InChI=1S/C16H27N5O2/c17-6-7-19-15(22)14(12-13-4-2-1-3-5-13)20-16(23)21-10-8-18-9-11-21/h13-14,18H,1-5,7-12H2,(H,19,22)(H,20,23)/t14-/m0/s1. The maximum absolute atomic E-state index is 12.4. The minimum Gasteiger partial charge on any atom is -0.341 e. The normalized spacial score (nSPS) is 20.4. The first-order chi connectivity index (χ1) is 11.2. The van der Waals surface area contributed by atoms with Crippen molar-refractivity contribution >= 4 is 11.9 Å². The van der Waals surface area contributed by atoms with E-state index < -0.39 is 6.04 Å². The molecule has 0 aromatic carbocycles. The van der Waals surface area contributed by atoms with E-state index in [1.165, 1.54) is 19.3 Å². The predicted octanol–water partition coefficient (Wildman–Crippen LogP) is 0.580. The summed E-state index contributed by atoms with van der Waals surface area (Å²) < 4.78 is 0. The number of piperazine rings is 1. The highest BCUT2D eigenvalue weighted by molar-refractivity contribution is 5.87. The van der Waals surface area contributed by atoms with Crippen LogP contribution in [0.1, 0.15) is 38.5 Å². The van der Waals surface area contributed by atoms with Crippen molar-refractivity contribution in [3.05, 3.63) is 0 Å². The highest BCUT2D eigenvalue weighted by Crippen LogP contribution is 2.27. The van der Waals surface area contributed by atoms with Crippen molar-refractivity contribution in [1.29, 1.82) is 5.26 Å². The lowest BCUT2D eigenvalue weighted by Gasteiger charge is -2.31. The van der Waals surface area contributed by atoms with Gasteiger partial charge in [-0.05, 0) is 12.3 Å². The van der Waals surface area contributed by atoms with E-state index in [-0.39, 0.29) is 18.5 Å². The number of rotatable bonds is 5. The summed E-state index contributed by atoms with van der Waals surface area (Å²) in [6.07, 6.45) is 6.55. The molecule has 0 aromatic heterocycles. The second-order valence-corrected chi connectivity index (χ2v) is 6.35. The van der Waals surface area contributed by atoms with Crippen molar-refractivity contribution in [2.45, 2.75) is 44.6 Å². The number of nitrogens with zero attached hydrogens (tertiary/aromatic N) is 2. The quantitative estimate of drug-likeness (QED) is 0.645. The van der Waals surface area contributed by atoms with Crippen LogP contribution in [0.5, 0.6) is 0 Å². The van der Waals surface area contributed by atoms with Crippen molar-refractivity contribution in [3.63, 3.8) is 0 Å². The Balaban J connectivity index is 1.92. The fraction of sp³-hybridized carbons (Fsp3) is 0.812. The third kappa shape index (κ3) is 5.71. The van der Waals surface area contributed by atoms with E-state index >= 15 is 0 Å². The van der Waals surface area contributed by atoms with Gasteiger partial charge in [0, 0.05) is 26.2 Å². The molecular formula is C16H27N5O2. The van der Waals surface area contributed by atoms with Gasteiger partial charge in [-0.15, -0.1) is 0 Å². The van der Waals surface area contributed by atoms with E-state index in [4.69, 9.17) is 5.26 Å². The minimum absolute atomic E-state index is 0.0243. The van der Waals surface area contributed by atoms with Crippen LogP contribution in [0.3, 0.4) is 0 Å². The summed E-state index contributed by atoms with van der Waals surface area (Å²) in [5.74, 6) is 0.227. The van der Waals surface area contributed by atoms with Crippen molar-refractivity contribution in [2.24, 2.45) is 5.92 Å². The second-order valence-electron chi connectivity index (χ2n) is 6.35. The molecule has 1 aliphatic carbocycles. The lowest BCUT2D eigenvalue weighted by molar-refractivity contribution is -0.123. The van der Waals surface area contributed by atoms with Gasteiger partial charge < -0.3 is 20.9 Å². The third-order valence-electron chi connectivity index (χ3n) is 4.65. The molecule has 1 saturated carbocycles. The molecule has 0 aromatic rings. The molecule has 0 bridgehead atoms. The molecule has 7 heteroatoms. The summed E-state index contributed by atoms with van der Waals surface area (Å²) in [5, 5.41) is 17.3.